The molecule has 2 amide bonds. The zero-order chi connectivity index (χ0) is 27.2. The Bertz CT molecular complexity index is 1140. The maximum Gasteiger partial charge on any atom is 0.268 e. The molecule has 0 spiro atoms. The van der Waals surface area contributed by atoms with Crippen molar-refractivity contribution >= 4 is 11.8 Å². The van der Waals surface area contributed by atoms with Gasteiger partial charge in [-0.1, -0.05) is 37.5 Å². The largest absolute Gasteiger partial charge is 0.493 e. The molecule has 0 unspecified atom stereocenters. The third kappa shape index (κ3) is 6.24. The predicted molar refractivity (Wildman–Crippen MR) is 144 cm³/mol. The molecule has 2 aromatic rings. The predicted octanol–water partition coefficient (Wildman–Crippen LogP) is 4.04. The molecule has 1 saturated carbocycles. The second kappa shape index (κ2) is 12.6. The molecular weight excluding hydrogens is 500 g/mol. The minimum atomic E-state index is -0.913. The van der Waals surface area contributed by atoms with E-state index in [4.69, 9.17) is 23.7 Å². The molecule has 2 fully saturated rings. The van der Waals surface area contributed by atoms with Crippen molar-refractivity contribution in [3.8, 4) is 23.0 Å². The van der Waals surface area contributed by atoms with Gasteiger partial charge in [-0.3, -0.25) is 9.59 Å². The van der Waals surface area contributed by atoms with Gasteiger partial charge in [0, 0.05) is 19.2 Å². The van der Waals surface area contributed by atoms with E-state index in [2.05, 4.69) is 5.32 Å². The highest BCUT2D eigenvalue weighted by Crippen LogP contribution is 2.36. The fourth-order valence-corrected chi connectivity index (χ4v) is 5.68. The summed E-state index contributed by atoms with van der Waals surface area (Å²) in [6, 6.07) is 11.8. The van der Waals surface area contributed by atoms with Gasteiger partial charge in [0.15, 0.2) is 23.0 Å². The van der Waals surface area contributed by atoms with Crippen LogP contribution in [-0.4, -0.2) is 68.9 Å². The number of nitrogens with one attached hydrogen (secondary N) is 1. The molecule has 5 rings (SSSR count). The summed E-state index contributed by atoms with van der Waals surface area (Å²) < 4.78 is 28.9. The first-order valence-corrected chi connectivity index (χ1v) is 13.9. The lowest BCUT2D eigenvalue weighted by molar-refractivity contribution is -0.150. The number of ether oxygens (including phenoxy) is 5. The molecule has 2 aliphatic heterocycles. The van der Waals surface area contributed by atoms with Crippen LogP contribution in [0, 0.1) is 0 Å². The zero-order valence-corrected chi connectivity index (χ0v) is 22.7. The van der Waals surface area contributed by atoms with Gasteiger partial charge in [-0.05, 0) is 55.5 Å². The van der Waals surface area contributed by atoms with E-state index in [0.717, 1.165) is 38.5 Å². The molecule has 9 nitrogen and oxygen atoms in total. The van der Waals surface area contributed by atoms with Crippen molar-refractivity contribution in [2.75, 3.05) is 34.0 Å². The molecule has 0 bridgehead atoms. The number of hydrogen-bond donors (Lipinski definition) is 1. The van der Waals surface area contributed by atoms with Gasteiger partial charge >= 0.3 is 0 Å². The van der Waals surface area contributed by atoms with Crippen LogP contribution in [0.3, 0.4) is 0 Å². The molecule has 0 radical (unpaired) electrons. The lowest BCUT2D eigenvalue weighted by atomic mass is 9.94. The Labute approximate surface area is 229 Å². The first-order chi connectivity index (χ1) is 19.1. The first kappa shape index (κ1) is 27.1. The highest BCUT2D eigenvalue weighted by Gasteiger charge is 2.40. The molecule has 2 aromatic carbocycles. The average Bonchev–Trinajstić information content (AvgIpc) is 3.50. The van der Waals surface area contributed by atoms with Crippen molar-refractivity contribution in [3.05, 3.63) is 48.0 Å². The molecule has 9 heteroatoms. The lowest BCUT2D eigenvalue weighted by Gasteiger charge is -2.37. The van der Waals surface area contributed by atoms with E-state index in [1.165, 1.54) is 6.42 Å². The van der Waals surface area contributed by atoms with Crippen LogP contribution < -0.4 is 24.3 Å². The van der Waals surface area contributed by atoms with Crippen LogP contribution in [0.4, 0.5) is 0 Å². The Morgan fingerprint density at radius 3 is 2.46 bits per heavy atom. The van der Waals surface area contributed by atoms with Crippen LogP contribution in [0.25, 0.3) is 0 Å². The monoisotopic (exact) mass is 538 g/mol. The van der Waals surface area contributed by atoms with Crippen LogP contribution in [-0.2, 0) is 14.3 Å². The molecular formula is C30H38N2O7. The van der Waals surface area contributed by atoms with Gasteiger partial charge in [0.25, 0.3) is 5.91 Å². The Hall–Kier alpha value is -3.46. The van der Waals surface area contributed by atoms with Crippen molar-refractivity contribution in [2.24, 2.45) is 0 Å². The molecule has 1 aliphatic carbocycles. The highest BCUT2D eigenvalue weighted by atomic mass is 16.6. The minimum Gasteiger partial charge on any atom is -0.493 e. The number of nitrogens with zero attached hydrogens (tertiary/aromatic N) is 1. The van der Waals surface area contributed by atoms with E-state index in [1.807, 2.05) is 24.3 Å². The minimum absolute atomic E-state index is 0.0563. The number of para-hydroxylation sites is 2. The van der Waals surface area contributed by atoms with Gasteiger partial charge < -0.3 is 33.9 Å². The average molecular weight is 539 g/mol. The fourth-order valence-electron chi connectivity index (χ4n) is 5.68. The number of carbonyl (C=O) groups is 2. The van der Waals surface area contributed by atoms with Crippen LogP contribution in [0.5, 0.6) is 23.0 Å². The summed E-state index contributed by atoms with van der Waals surface area (Å²) in [7, 11) is 3.12. The highest BCUT2D eigenvalue weighted by molar-refractivity contribution is 5.91. The van der Waals surface area contributed by atoms with E-state index in [1.54, 1.807) is 37.3 Å². The van der Waals surface area contributed by atoms with Crippen LogP contribution in [0.15, 0.2) is 42.5 Å². The summed E-state index contributed by atoms with van der Waals surface area (Å²) in [5.41, 5.74) is 0.629. The Morgan fingerprint density at radius 1 is 0.974 bits per heavy atom. The summed E-state index contributed by atoms with van der Waals surface area (Å²) in [5.74, 6) is 1.59. The third-order valence-corrected chi connectivity index (χ3v) is 7.73. The van der Waals surface area contributed by atoms with Crippen LogP contribution in [0.1, 0.15) is 56.6 Å². The summed E-state index contributed by atoms with van der Waals surface area (Å²) in [5, 5.41) is 3.24. The van der Waals surface area contributed by atoms with Crippen LogP contribution in [0.2, 0.25) is 0 Å². The molecule has 2 heterocycles. The smallest absolute Gasteiger partial charge is 0.268 e. The summed E-state index contributed by atoms with van der Waals surface area (Å²) >= 11 is 0. The van der Waals surface area contributed by atoms with E-state index < -0.39 is 12.1 Å². The van der Waals surface area contributed by atoms with E-state index in [0.29, 0.717) is 35.2 Å². The number of fused-ring (bicyclic) bond motifs is 1. The number of carbonyl (C=O) groups excluding carboxylic acids is 2. The van der Waals surface area contributed by atoms with Gasteiger partial charge in [0.2, 0.25) is 12.0 Å². The number of amides is 2. The molecule has 3 aliphatic rings. The third-order valence-electron chi connectivity index (χ3n) is 7.73. The second-order valence-corrected chi connectivity index (χ2v) is 10.4. The van der Waals surface area contributed by atoms with E-state index in [-0.39, 0.29) is 37.1 Å². The van der Waals surface area contributed by atoms with Crippen molar-refractivity contribution in [1.29, 1.82) is 0 Å². The summed E-state index contributed by atoms with van der Waals surface area (Å²) in [4.78, 5) is 29.9. The van der Waals surface area contributed by atoms with Gasteiger partial charge in [0.05, 0.1) is 20.3 Å². The molecule has 1 N–H and O–H groups in total. The Morgan fingerprint density at radius 2 is 1.74 bits per heavy atom. The van der Waals surface area contributed by atoms with Crippen LogP contribution >= 0.6 is 0 Å². The van der Waals surface area contributed by atoms with E-state index in [9.17, 15) is 9.59 Å². The van der Waals surface area contributed by atoms with Crippen molar-refractivity contribution < 1.29 is 33.3 Å². The fraction of sp³-hybridized carbons (Fsp3) is 0.533. The molecule has 39 heavy (non-hydrogen) atoms. The number of rotatable bonds is 9. The summed E-state index contributed by atoms with van der Waals surface area (Å²) in [6.07, 6.45) is 5.86. The molecule has 210 valence electrons. The molecule has 0 aromatic heterocycles. The van der Waals surface area contributed by atoms with Crippen molar-refractivity contribution in [1.82, 2.24) is 10.2 Å². The maximum absolute atomic E-state index is 14.2. The van der Waals surface area contributed by atoms with Gasteiger partial charge in [0.1, 0.15) is 12.6 Å². The SMILES string of the molecule is COc1ccc([C@@H](C(=O)NC2CCCCC2)N(C[C@H]2CCCO2)C(=O)[C@@H]2COc3ccccc3O2)cc1OC. The number of benzene rings is 2. The topological polar surface area (TPSA) is 95.6 Å². The van der Waals surface area contributed by atoms with Gasteiger partial charge in [-0.15, -0.1) is 0 Å². The lowest BCUT2D eigenvalue weighted by Crippen LogP contribution is -2.54. The molecule has 1 saturated heterocycles. The molecule has 3 atom stereocenters. The first-order valence-electron chi connectivity index (χ1n) is 13.9. The van der Waals surface area contributed by atoms with Crippen molar-refractivity contribution in [3.63, 3.8) is 0 Å². The number of hydrogen-bond acceptors (Lipinski definition) is 7. The Kier molecular flexibility index (Phi) is 8.76. The van der Waals surface area contributed by atoms with Gasteiger partial charge in [-0.25, -0.2) is 0 Å². The van der Waals surface area contributed by atoms with E-state index >= 15 is 0 Å². The second-order valence-electron chi connectivity index (χ2n) is 10.4. The standard InChI is InChI=1S/C30H38N2O7/c1-35-23-15-14-20(17-26(23)36-2)28(29(33)31-21-9-4-3-5-10-21)32(18-22-11-8-16-37-22)30(34)27-19-38-24-12-6-7-13-25(24)39-27/h6-7,12-15,17,21-22,27-28H,3-5,8-11,16,18-19H2,1-2H3,(H,31,33)/t22-,27+,28+/m1/s1. The summed E-state index contributed by atoms with van der Waals surface area (Å²) in [6.45, 7) is 0.955. The normalized spacial score (nSPS) is 21.6. The zero-order valence-electron chi connectivity index (χ0n) is 22.7. The quantitative estimate of drug-likeness (QED) is 0.515. The number of methoxy groups -OCH3 is 2. The van der Waals surface area contributed by atoms with Gasteiger partial charge in [-0.2, -0.15) is 0 Å². The maximum atomic E-state index is 14.2. The Balaban J connectivity index is 1.50. The van der Waals surface area contributed by atoms with Crippen molar-refractivity contribution in [2.45, 2.75) is 69.2 Å².